The molecule has 0 bridgehead atoms. The number of allylic oxidation sites excluding steroid dienone is 2. The van der Waals surface area contributed by atoms with Crippen molar-refractivity contribution in [3.05, 3.63) is 46.6 Å². The maximum Gasteiger partial charge on any atom is 0.219 e. The summed E-state index contributed by atoms with van der Waals surface area (Å²) in [5, 5.41) is 10.8. The van der Waals surface area contributed by atoms with Crippen LogP contribution in [0.15, 0.2) is 40.7 Å². The summed E-state index contributed by atoms with van der Waals surface area (Å²) >= 11 is 5.89. The Balaban J connectivity index is 1.79. The van der Waals surface area contributed by atoms with E-state index in [4.69, 9.17) is 17.3 Å². The number of nitrogens with zero attached hydrogens (tertiary/aromatic N) is 2. The minimum absolute atomic E-state index is 0.0544. The molecule has 0 fully saturated rings. The van der Waals surface area contributed by atoms with Gasteiger partial charge in [0.15, 0.2) is 5.78 Å². The normalized spacial score (nSPS) is 18.4. The molecule has 0 saturated heterocycles. The zero-order valence-corrected chi connectivity index (χ0v) is 11.8. The van der Waals surface area contributed by atoms with Crippen LogP contribution < -0.4 is 11.1 Å². The molecule has 6 nitrogen and oxygen atoms in total. The van der Waals surface area contributed by atoms with Gasteiger partial charge in [-0.05, 0) is 40.3 Å². The molecule has 0 radical (unpaired) electrons. The van der Waals surface area contributed by atoms with Crippen LogP contribution in [-0.2, 0) is 4.79 Å². The Labute approximate surface area is 125 Å². The molecule has 1 aliphatic carbocycles. The van der Waals surface area contributed by atoms with Gasteiger partial charge in [0.2, 0.25) is 11.6 Å². The van der Waals surface area contributed by atoms with Gasteiger partial charge in [0.1, 0.15) is 0 Å². The standard InChI is InChI=1S/C14H13ClN4O2/c15-10-3-1-8(2-4-10)9-5-11(7-12(20)6-9)17-14-13(16)18-21-19-14/h1-4,7,9H,5-6H2,(H2,16,18)(H,17,19)/t9-/m0/s1. The number of hydrogen-bond donors (Lipinski definition) is 2. The lowest BCUT2D eigenvalue weighted by atomic mass is 9.85. The van der Waals surface area contributed by atoms with Crippen molar-refractivity contribution in [1.29, 1.82) is 0 Å². The average molecular weight is 305 g/mol. The van der Waals surface area contributed by atoms with Crippen LogP contribution in [0.1, 0.15) is 24.3 Å². The van der Waals surface area contributed by atoms with Gasteiger partial charge in [-0.2, -0.15) is 0 Å². The molecular weight excluding hydrogens is 292 g/mol. The summed E-state index contributed by atoms with van der Waals surface area (Å²) < 4.78 is 4.52. The first-order valence-corrected chi connectivity index (χ1v) is 6.83. The molecular formula is C14H13ClN4O2. The fourth-order valence-electron chi connectivity index (χ4n) is 2.38. The fourth-order valence-corrected chi connectivity index (χ4v) is 2.51. The SMILES string of the molecule is Nc1nonc1NC1=CC(=O)C[C@@H](c2ccc(Cl)cc2)C1. The van der Waals surface area contributed by atoms with Crippen molar-refractivity contribution < 1.29 is 9.42 Å². The quantitative estimate of drug-likeness (QED) is 0.905. The lowest BCUT2D eigenvalue weighted by Gasteiger charge is -2.22. The predicted octanol–water partition coefficient (Wildman–Crippen LogP) is 2.75. The molecule has 0 aliphatic heterocycles. The Morgan fingerprint density at radius 3 is 2.67 bits per heavy atom. The largest absolute Gasteiger partial charge is 0.378 e. The molecule has 3 N–H and O–H groups in total. The van der Waals surface area contributed by atoms with Crippen molar-refractivity contribution in [3.63, 3.8) is 0 Å². The van der Waals surface area contributed by atoms with Gasteiger partial charge < -0.3 is 11.1 Å². The summed E-state index contributed by atoms with van der Waals surface area (Å²) in [5.74, 6) is 0.643. The van der Waals surface area contributed by atoms with Crippen LogP contribution in [0.2, 0.25) is 5.02 Å². The highest BCUT2D eigenvalue weighted by molar-refractivity contribution is 6.30. The number of aromatic nitrogens is 2. The first-order chi connectivity index (χ1) is 10.1. The van der Waals surface area contributed by atoms with Crippen molar-refractivity contribution in [3.8, 4) is 0 Å². The molecule has 3 rings (SSSR count). The smallest absolute Gasteiger partial charge is 0.219 e. The minimum Gasteiger partial charge on any atom is -0.378 e. The zero-order valence-electron chi connectivity index (χ0n) is 11.0. The Bertz CT molecular complexity index is 693. The summed E-state index contributed by atoms with van der Waals surface area (Å²) in [4.78, 5) is 11.9. The zero-order chi connectivity index (χ0) is 14.8. The highest BCUT2D eigenvalue weighted by Gasteiger charge is 2.23. The third-order valence-electron chi connectivity index (χ3n) is 3.38. The summed E-state index contributed by atoms with van der Waals surface area (Å²) in [7, 11) is 0. The molecule has 2 aromatic rings. The number of halogens is 1. The Morgan fingerprint density at radius 2 is 2.00 bits per heavy atom. The molecule has 0 saturated carbocycles. The number of nitrogens with two attached hydrogens (primary N) is 1. The van der Waals surface area contributed by atoms with Crippen molar-refractivity contribution in [1.82, 2.24) is 10.3 Å². The van der Waals surface area contributed by atoms with E-state index in [-0.39, 0.29) is 17.5 Å². The van der Waals surface area contributed by atoms with E-state index >= 15 is 0 Å². The third-order valence-corrected chi connectivity index (χ3v) is 3.64. The number of anilines is 2. The number of benzene rings is 1. The highest BCUT2D eigenvalue weighted by Crippen LogP contribution is 2.32. The molecule has 1 heterocycles. The summed E-state index contributed by atoms with van der Waals surface area (Å²) in [5.41, 5.74) is 7.42. The first-order valence-electron chi connectivity index (χ1n) is 6.46. The number of hydrogen-bond acceptors (Lipinski definition) is 6. The summed E-state index contributed by atoms with van der Waals surface area (Å²) in [6, 6.07) is 7.53. The van der Waals surface area contributed by atoms with E-state index in [0.717, 1.165) is 11.3 Å². The maximum atomic E-state index is 11.9. The second kappa shape index (κ2) is 5.57. The number of carbonyl (C=O) groups excluding carboxylic acids is 1. The van der Waals surface area contributed by atoms with E-state index in [9.17, 15) is 4.79 Å². The lowest BCUT2D eigenvalue weighted by Crippen LogP contribution is -2.17. The van der Waals surface area contributed by atoms with E-state index in [2.05, 4.69) is 20.3 Å². The fraction of sp³-hybridized carbons (Fsp3) is 0.214. The molecule has 108 valence electrons. The Morgan fingerprint density at radius 1 is 1.24 bits per heavy atom. The van der Waals surface area contributed by atoms with E-state index in [1.807, 2.05) is 24.3 Å². The highest BCUT2D eigenvalue weighted by atomic mass is 35.5. The number of carbonyl (C=O) groups is 1. The number of rotatable bonds is 3. The van der Waals surface area contributed by atoms with E-state index < -0.39 is 0 Å². The van der Waals surface area contributed by atoms with Crippen LogP contribution in [-0.4, -0.2) is 16.1 Å². The predicted molar refractivity (Wildman–Crippen MR) is 78.9 cm³/mol. The molecule has 0 spiro atoms. The maximum absolute atomic E-state index is 11.9. The monoisotopic (exact) mass is 304 g/mol. The van der Waals surface area contributed by atoms with Crippen LogP contribution in [0.5, 0.6) is 0 Å². The van der Waals surface area contributed by atoms with E-state index in [1.54, 1.807) is 6.08 Å². The second-order valence-electron chi connectivity index (χ2n) is 4.92. The van der Waals surface area contributed by atoms with Crippen LogP contribution in [0.3, 0.4) is 0 Å². The molecule has 1 atom stereocenters. The van der Waals surface area contributed by atoms with E-state index in [1.165, 1.54) is 0 Å². The van der Waals surface area contributed by atoms with Crippen LogP contribution in [0.4, 0.5) is 11.6 Å². The van der Waals surface area contributed by atoms with Crippen molar-refractivity contribution in [2.75, 3.05) is 11.1 Å². The van der Waals surface area contributed by atoms with Gasteiger partial charge in [0.05, 0.1) is 0 Å². The molecule has 1 aromatic heterocycles. The van der Waals surface area contributed by atoms with Gasteiger partial charge in [-0.1, -0.05) is 23.7 Å². The van der Waals surface area contributed by atoms with Crippen LogP contribution in [0, 0.1) is 0 Å². The van der Waals surface area contributed by atoms with Gasteiger partial charge >= 0.3 is 0 Å². The molecule has 1 aliphatic rings. The van der Waals surface area contributed by atoms with Crippen molar-refractivity contribution >= 4 is 29.0 Å². The van der Waals surface area contributed by atoms with E-state index in [0.29, 0.717) is 23.7 Å². The van der Waals surface area contributed by atoms with Crippen LogP contribution >= 0.6 is 11.6 Å². The summed E-state index contributed by atoms with van der Waals surface area (Å²) in [6.07, 6.45) is 2.72. The van der Waals surface area contributed by atoms with Gasteiger partial charge in [-0.3, -0.25) is 4.79 Å². The topological polar surface area (TPSA) is 94.0 Å². The van der Waals surface area contributed by atoms with Crippen molar-refractivity contribution in [2.24, 2.45) is 0 Å². The van der Waals surface area contributed by atoms with Gasteiger partial charge in [-0.15, -0.1) is 0 Å². The Kier molecular flexibility index (Phi) is 3.62. The second-order valence-corrected chi connectivity index (χ2v) is 5.35. The van der Waals surface area contributed by atoms with Crippen LogP contribution in [0.25, 0.3) is 0 Å². The molecule has 1 aromatic carbocycles. The van der Waals surface area contributed by atoms with Gasteiger partial charge in [-0.25, -0.2) is 4.63 Å². The third kappa shape index (κ3) is 3.05. The molecule has 21 heavy (non-hydrogen) atoms. The van der Waals surface area contributed by atoms with Gasteiger partial charge in [0, 0.05) is 23.2 Å². The van der Waals surface area contributed by atoms with Crippen molar-refractivity contribution in [2.45, 2.75) is 18.8 Å². The molecule has 0 unspecified atom stereocenters. The first kappa shape index (κ1) is 13.6. The Hall–Kier alpha value is -2.34. The number of ketones is 1. The summed E-state index contributed by atoms with van der Waals surface area (Å²) in [6.45, 7) is 0. The number of nitrogens with one attached hydrogen (secondary N) is 1. The molecule has 0 amide bonds. The minimum atomic E-state index is 0.0544. The average Bonchev–Trinajstić information content (AvgIpc) is 2.84. The number of nitrogen functional groups attached to an aromatic ring is 1. The van der Waals surface area contributed by atoms with Gasteiger partial charge in [0.25, 0.3) is 0 Å². The lowest BCUT2D eigenvalue weighted by molar-refractivity contribution is -0.115. The molecule has 7 heteroatoms.